The molecular weight excluding hydrogens is 276 g/mol. The van der Waals surface area contributed by atoms with E-state index < -0.39 is 0 Å². The maximum absolute atomic E-state index is 12.9. The van der Waals surface area contributed by atoms with Gasteiger partial charge in [-0.2, -0.15) is 0 Å². The highest BCUT2D eigenvalue weighted by Crippen LogP contribution is 2.25. The van der Waals surface area contributed by atoms with Crippen molar-refractivity contribution < 1.29 is 9.53 Å². The summed E-state index contributed by atoms with van der Waals surface area (Å²) in [6.07, 6.45) is 0. The molecule has 1 N–H and O–H groups in total. The van der Waals surface area contributed by atoms with Crippen molar-refractivity contribution in [1.29, 1.82) is 0 Å². The zero-order valence-corrected chi connectivity index (χ0v) is 12.7. The molecular formula is C18H20N2O2. The molecule has 0 spiro atoms. The summed E-state index contributed by atoms with van der Waals surface area (Å²) in [5.41, 5.74) is 1.83. The quantitative estimate of drug-likeness (QED) is 0.946. The van der Waals surface area contributed by atoms with Gasteiger partial charge in [0.1, 0.15) is 5.75 Å². The monoisotopic (exact) mass is 296 g/mol. The van der Waals surface area contributed by atoms with Crippen LogP contribution in [0.5, 0.6) is 5.75 Å². The fourth-order valence-electron chi connectivity index (χ4n) is 2.84. The van der Waals surface area contributed by atoms with Gasteiger partial charge in [0.25, 0.3) is 5.91 Å². The maximum Gasteiger partial charge on any atom is 0.254 e. The van der Waals surface area contributed by atoms with Crippen molar-refractivity contribution in [3.05, 3.63) is 65.7 Å². The van der Waals surface area contributed by atoms with Gasteiger partial charge in [0.05, 0.1) is 13.2 Å². The number of carbonyl (C=O) groups excluding carboxylic acids is 1. The molecule has 3 rings (SSSR count). The number of amides is 1. The zero-order chi connectivity index (χ0) is 15.4. The van der Waals surface area contributed by atoms with Gasteiger partial charge in [-0.15, -0.1) is 0 Å². The summed E-state index contributed by atoms with van der Waals surface area (Å²) in [7, 11) is 1.61. The van der Waals surface area contributed by atoms with Gasteiger partial charge < -0.3 is 15.0 Å². The molecule has 4 nitrogen and oxygen atoms in total. The second kappa shape index (κ2) is 6.62. The molecule has 2 aromatic rings. The van der Waals surface area contributed by atoms with E-state index in [4.69, 9.17) is 4.74 Å². The van der Waals surface area contributed by atoms with Gasteiger partial charge in [0.15, 0.2) is 0 Å². The SMILES string of the molecule is COc1cccc(C(=O)N2CCNC[C@@H]2c2ccccc2)c1. The lowest BCUT2D eigenvalue weighted by atomic mass is 10.0. The van der Waals surface area contributed by atoms with E-state index in [1.165, 1.54) is 0 Å². The van der Waals surface area contributed by atoms with Crippen LogP contribution in [-0.2, 0) is 0 Å². The third kappa shape index (κ3) is 2.97. The van der Waals surface area contributed by atoms with Crippen LogP contribution in [0.3, 0.4) is 0 Å². The van der Waals surface area contributed by atoms with E-state index in [0.717, 1.165) is 18.7 Å². The minimum atomic E-state index is 0.0502. The molecule has 114 valence electrons. The van der Waals surface area contributed by atoms with Crippen molar-refractivity contribution in [1.82, 2.24) is 10.2 Å². The first-order chi connectivity index (χ1) is 10.8. The van der Waals surface area contributed by atoms with E-state index in [2.05, 4.69) is 17.4 Å². The van der Waals surface area contributed by atoms with Gasteiger partial charge >= 0.3 is 0 Å². The van der Waals surface area contributed by atoms with Crippen molar-refractivity contribution in [3.8, 4) is 5.75 Å². The Morgan fingerprint density at radius 1 is 1.18 bits per heavy atom. The third-order valence-corrected chi connectivity index (χ3v) is 4.01. The van der Waals surface area contributed by atoms with E-state index in [9.17, 15) is 4.79 Å². The van der Waals surface area contributed by atoms with Crippen LogP contribution in [0.2, 0.25) is 0 Å². The van der Waals surface area contributed by atoms with E-state index in [-0.39, 0.29) is 11.9 Å². The number of benzene rings is 2. The predicted octanol–water partition coefficient (Wildman–Crippen LogP) is 2.48. The molecule has 1 atom stereocenters. The third-order valence-electron chi connectivity index (χ3n) is 4.01. The van der Waals surface area contributed by atoms with Crippen molar-refractivity contribution in [2.45, 2.75) is 6.04 Å². The highest BCUT2D eigenvalue weighted by atomic mass is 16.5. The second-order valence-electron chi connectivity index (χ2n) is 5.36. The molecule has 0 saturated carbocycles. The topological polar surface area (TPSA) is 41.6 Å². The first-order valence-corrected chi connectivity index (χ1v) is 7.50. The molecule has 0 unspecified atom stereocenters. The minimum absolute atomic E-state index is 0.0502. The first-order valence-electron chi connectivity index (χ1n) is 7.50. The van der Waals surface area contributed by atoms with Gasteiger partial charge in [-0.1, -0.05) is 36.4 Å². The fourth-order valence-corrected chi connectivity index (χ4v) is 2.84. The number of rotatable bonds is 3. The van der Waals surface area contributed by atoms with Gasteiger partial charge in [0.2, 0.25) is 0 Å². The molecule has 4 heteroatoms. The highest BCUT2D eigenvalue weighted by molar-refractivity contribution is 5.95. The van der Waals surface area contributed by atoms with E-state index in [0.29, 0.717) is 17.9 Å². The van der Waals surface area contributed by atoms with Crippen LogP contribution < -0.4 is 10.1 Å². The second-order valence-corrected chi connectivity index (χ2v) is 5.36. The Morgan fingerprint density at radius 3 is 2.77 bits per heavy atom. The van der Waals surface area contributed by atoms with Gasteiger partial charge in [-0.25, -0.2) is 0 Å². The average Bonchev–Trinajstić information content (AvgIpc) is 2.62. The lowest BCUT2D eigenvalue weighted by Gasteiger charge is -2.36. The highest BCUT2D eigenvalue weighted by Gasteiger charge is 2.28. The maximum atomic E-state index is 12.9. The van der Waals surface area contributed by atoms with Crippen LogP contribution in [0.25, 0.3) is 0 Å². The number of nitrogens with zero attached hydrogens (tertiary/aromatic N) is 1. The van der Waals surface area contributed by atoms with E-state index >= 15 is 0 Å². The average molecular weight is 296 g/mol. The molecule has 1 saturated heterocycles. The number of nitrogens with one attached hydrogen (secondary N) is 1. The molecule has 1 aliphatic heterocycles. The summed E-state index contributed by atoms with van der Waals surface area (Å²) < 4.78 is 5.22. The Bertz CT molecular complexity index is 643. The number of ether oxygens (including phenoxy) is 1. The van der Waals surface area contributed by atoms with Crippen molar-refractivity contribution in [2.24, 2.45) is 0 Å². The summed E-state index contributed by atoms with van der Waals surface area (Å²) in [5, 5.41) is 3.37. The number of hydrogen-bond acceptors (Lipinski definition) is 3. The van der Waals surface area contributed by atoms with Gasteiger partial charge in [0, 0.05) is 25.2 Å². The molecule has 0 aliphatic carbocycles. The Labute approximate surface area is 130 Å². The number of hydrogen-bond donors (Lipinski definition) is 1. The number of piperazine rings is 1. The summed E-state index contributed by atoms with van der Waals surface area (Å²) >= 11 is 0. The molecule has 1 heterocycles. The minimum Gasteiger partial charge on any atom is -0.497 e. The van der Waals surface area contributed by atoms with Crippen molar-refractivity contribution in [2.75, 3.05) is 26.7 Å². The van der Waals surface area contributed by atoms with Crippen LogP contribution in [0.15, 0.2) is 54.6 Å². The van der Waals surface area contributed by atoms with Crippen LogP contribution in [0.1, 0.15) is 22.0 Å². The van der Waals surface area contributed by atoms with Crippen molar-refractivity contribution >= 4 is 5.91 Å². The van der Waals surface area contributed by atoms with Crippen LogP contribution in [0.4, 0.5) is 0 Å². The Hall–Kier alpha value is -2.33. The van der Waals surface area contributed by atoms with Crippen LogP contribution in [-0.4, -0.2) is 37.6 Å². The normalized spacial score (nSPS) is 18.0. The molecule has 1 aliphatic rings. The van der Waals surface area contributed by atoms with Gasteiger partial charge in [-0.3, -0.25) is 4.79 Å². The summed E-state index contributed by atoms with van der Waals surface area (Å²) in [6.45, 7) is 2.30. The molecule has 2 aromatic carbocycles. The first kappa shape index (κ1) is 14.6. The Balaban J connectivity index is 1.88. The molecule has 0 bridgehead atoms. The van der Waals surface area contributed by atoms with Gasteiger partial charge in [-0.05, 0) is 23.8 Å². The summed E-state index contributed by atoms with van der Waals surface area (Å²) in [5.74, 6) is 0.756. The smallest absolute Gasteiger partial charge is 0.254 e. The molecule has 0 radical (unpaired) electrons. The number of methoxy groups -OCH3 is 1. The largest absolute Gasteiger partial charge is 0.497 e. The Kier molecular flexibility index (Phi) is 4.39. The fraction of sp³-hybridized carbons (Fsp3) is 0.278. The zero-order valence-electron chi connectivity index (χ0n) is 12.7. The molecule has 0 aromatic heterocycles. The van der Waals surface area contributed by atoms with E-state index in [1.54, 1.807) is 13.2 Å². The molecule has 22 heavy (non-hydrogen) atoms. The lowest BCUT2D eigenvalue weighted by molar-refractivity contribution is 0.0634. The van der Waals surface area contributed by atoms with Crippen molar-refractivity contribution in [3.63, 3.8) is 0 Å². The predicted molar refractivity (Wildman–Crippen MR) is 86.1 cm³/mol. The molecule has 1 fully saturated rings. The van der Waals surface area contributed by atoms with E-state index in [1.807, 2.05) is 41.3 Å². The summed E-state index contributed by atoms with van der Waals surface area (Å²) in [6, 6.07) is 17.6. The molecule has 1 amide bonds. The lowest BCUT2D eigenvalue weighted by Crippen LogP contribution is -2.48. The number of carbonyl (C=O) groups is 1. The summed E-state index contributed by atoms with van der Waals surface area (Å²) in [4.78, 5) is 14.8. The van der Waals surface area contributed by atoms with Crippen LogP contribution >= 0.6 is 0 Å². The standard InChI is InChI=1S/C18H20N2O2/c1-22-16-9-5-8-15(12-16)18(21)20-11-10-19-13-17(20)14-6-3-2-4-7-14/h2-9,12,17,19H,10-11,13H2,1H3/t17-/m1/s1. The van der Waals surface area contributed by atoms with Crippen LogP contribution in [0, 0.1) is 0 Å². The Morgan fingerprint density at radius 2 is 2.00 bits per heavy atom.